The summed E-state index contributed by atoms with van der Waals surface area (Å²) in [4.78, 5) is 42.2. The van der Waals surface area contributed by atoms with Crippen molar-refractivity contribution in [3.05, 3.63) is 0 Å². The van der Waals surface area contributed by atoms with Crippen LogP contribution in [-0.4, -0.2) is 39.5 Å². The average molecular weight is 351 g/mol. The number of hydrogen-bond acceptors (Lipinski definition) is 4. The van der Waals surface area contributed by atoms with Gasteiger partial charge in [-0.3, -0.25) is 14.2 Å². The summed E-state index contributed by atoms with van der Waals surface area (Å²) in [5, 5.41) is 4.82. The van der Waals surface area contributed by atoms with Crippen molar-refractivity contribution in [2.75, 3.05) is 0 Å². The van der Waals surface area contributed by atoms with Crippen LogP contribution < -0.4 is 16.4 Å². The molecule has 136 valence electrons. The highest BCUT2D eigenvalue weighted by atomic mass is 31.2. The molecule has 0 aromatic heterocycles. The Labute approximate surface area is 137 Å². The quantitative estimate of drug-likeness (QED) is 0.275. The van der Waals surface area contributed by atoms with Gasteiger partial charge in [0.15, 0.2) is 0 Å². The fourth-order valence-corrected chi connectivity index (χ4v) is 2.27. The number of nitrogens with two attached hydrogens (primary N) is 1. The Bertz CT molecular complexity index is 427. The van der Waals surface area contributed by atoms with Crippen LogP contribution in [0.4, 0.5) is 0 Å². The van der Waals surface area contributed by atoms with E-state index in [1.807, 2.05) is 6.92 Å². The van der Waals surface area contributed by atoms with E-state index in [9.17, 15) is 14.2 Å². The van der Waals surface area contributed by atoms with Gasteiger partial charge in [0, 0.05) is 0 Å². The number of carbonyl (C=O) groups is 2. The molecule has 23 heavy (non-hydrogen) atoms. The largest absolute Gasteiger partial charge is 0.347 e. The molecule has 6 N–H and O–H groups in total. The average Bonchev–Trinajstić information content (AvgIpc) is 2.45. The SMILES string of the molecule is CCCCCC(N)C(=O)N[C@@H](CCC)C(=O)N[C@@H](C)P(=O)(O)O. The molecule has 0 heterocycles. The number of carbonyl (C=O) groups excluding carboxylic acids is 2. The molecule has 0 aliphatic carbocycles. The molecule has 0 saturated heterocycles. The normalized spacial score (nSPS) is 15.6. The second-order valence-corrected chi connectivity index (χ2v) is 7.68. The van der Waals surface area contributed by atoms with Crippen molar-refractivity contribution in [1.29, 1.82) is 0 Å². The van der Waals surface area contributed by atoms with Crippen LogP contribution in [0.25, 0.3) is 0 Å². The minimum atomic E-state index is -4.41. The number of rotatable bonds is 11. The molecular weight excluding hydrogens is 321 g/mol. The molecule has 0 aliphatic heterocycles. The Morgan fingerprint density at radius 2 is 1.65 bits per heavy atom. The lowest BCUT2D eigenvalue weighted by Crippen LogP contribution is -2.52. The molecule has 9 heteroatoms. The number of hydrogen-bond donors (Lipinski definition) is 5. The van der Waals surface area contributed by atoms with Crippen LogP contribution in [0.15, 0.2) is 0 Å². The van der Waals surface area contributed by atoms with Gasteiger partial charge in [-0.2, -0.15) is 0 Å². The lowest BCUT2D eigenvalue weighted by molar-refractivity contribution is -0.130. The predicted octanol–water partition coefficient (Wildman–Crippen LogP) is 0.819. The van der Waals surface area contributed by atoms with Gasteiger partial charge < -0.3 is 26.2 Å². The summed E-state index contributed by atoms with van der Waals surface area (Å²) in [5.74, 6) is -2.33. The van der Waals surface area contributed by atoms with Gasteiger partial charge in [-0.25, -0.2) is 0 Å². The fraction of sp³-hybridized carbons (Fsp3) is 0.857. The van der Waals surface area contributed by atoms with Gasteiger partial charge in [-0.15, -0.1) is 0 Å². The number of amides is 2. The standard InChI is InChI=1S/C14H30N3O5P/c1-4-6-7-9-11(15)13(18)17-12(8-5-2)14(19)16-10(3)23(20,21)22/h10-12H,4-9,15H2,1-3H3,(H,16,19)(H,17,18)(H2,20,21,22)/t10-,11?,12+/m1/s1. The maximum absolute atomic E-state index is 12.1. The predicted molar refractivity (Wildman–Crippen MR) is 88.6 cm³/mol. The van der Waals surface area contributed by atoms with Crippen molar-refractivity contribution in [1.82, 2.24) is 10.6 Å². The fourth-order valence-electron chi connectivity index (χ4n) is 1.97. The first kappa shape index (κ1) is 22.1. The van der Waals surface area contributed by atoms with Crippen molar-refractivity contribution in [2.24, 2.45) is 5.73 Å². The molecule has 0 aromatic rings. The van der Waals surface area contributed by atoms with E-state index >= 15 is 0 Å². The van der Waals surface area contributed by atoms with E-state index < -0.39 is 37.3 Å². The smallest absolute Gasteiger partial charge is 0.343 e. The maximum atomic E-state index is 12.1. The zero-order valence-electron chi connectivity index (χ0n) is 14.1. The molecule has 0 aliphatic rings. The molecule has 0 saturated carbocycles. The lowest BCUT2D eigenvalue weighted by atomic mass is 10.1. The topological polar surface area (TPSA) is 142 Å². The summed E-state index contributed by atoms with van der Waals surface area (Å²) in [7, 11) is -4.41. The van der Waals surface area contributed by atoms with E-state index in [-0.39, 0.29) is 0 Å². The van der Waals surface area contributed by atoms with Gasteiger partial charge in [0.25, 0.3) is 0 Å². The number of nitrogens with one attached hydrogen (secondary N) is 2. The first-order valence-corrected chi connectivity index (χ1v) is 9.73. The van der Waals surface area contributed by atoms with Crippen molar-refractivity contribution in [2.45, 2.75) is 77.2 Å². The van der Waals surface area contributed by atoms with Gasteiger partial charge in [-0.1, -0.05) is 39.5 Å². The first-order chi connectivity index (χ1) is 10.6. The van der Waals surface area contributed by atoms with E-state index in [1.165, 1.54) is 6.92 Å². The summed E-state index contributed by atoms with van der Waals surface area (Å²) in [5.41, 5.74) is 5.80. The van der Waals surface area contributed by atoms with Crippen molar-refractivity contribution >= 4 is 19.4 Å². The minimum Gasteiger partial charge on any atom is -0.343 e. The van der Waals surface area contributed by atoms with Gasteiger partial charge in [0.1, 0.15) is 11.8 Å². The second kappa shape index (κ2) is 10.8. The molecule has 2 amide bonds. The van der Waals surface area contributed by atoms with E-state index in [1.54, 1.807) is 0 Å². The lowest BCUT2D eigenvalue weighted by Gasteiger charge is -2.23. The van der Waals surface area contributed by atoms with Crippen LogP contribution in [0.1, 0.15) is 59.3 Å². The molecule has 0 spiro atoms. The Kier molecular flexibility index (Phi) is 10.3. The molecule has 0 bridgehead atoms. The van der Waals surface area contributed by atoms with Gasteiger partial charge >= 0.3 is 7.60 Å². The summed E-state index contributed by atoms with van der Waals surface area (Å²) in [6.07, 6.45) is 4.39. The highest BCUT2D eigenvalue weighted by Crippen LogP contribution is 2.39. The molecule has 3 atom stereocenters. The second-order valence-electron chi connectivity index (χ2n) is 5.73. The molecule has 0 rings (SSSR count). The minimum absolute atomic E-state index is 0.368. The maximum Gasteiger partial charge on any atom is 0.347 e. The molecule has 0 aromatic carbocycles. The Morgan fingerprint density at radius 3 is 2.13 bits per heavy atom. The van der Waals surface area contributed by atoms with E-state index in [4.69, 9.17) is 15.5 Å². The van der Waals surface area contributed by atoms with Crippen LogP contribution in [0.5, 0.6) is 0 Å². The third-order valence-electron chi connectivity index (χ3n) is 3.52. The van der Waals surface area contributed by atoms with Crippen LogP contribution >= 0.6 is 7.60 Å². The highest BCUT2D eigenvalue weighted by molar-refractivity contribution is 7.52. The molecule has 0 radical (unpaired) electrons. The van der Waals surface area contributed by atoms with Crippen molar-refractivity contribution in [3.63, 3.8) is 0 Å². The monoisotopic (exact) mass is 351 g/mol. The van der Waals surface area contributed by atoms with Crippen LogP contribution in [-0.2, 0) is 14.2 Å². The van der Waals surface area contributed by atoms with E-state index in [0.29, 0.717) is 19.3 Å². The summed E-state index contributed by atoms with van der Waals surface area (Å²) in [6, 6.07) is -1.54. The van der Waals surface area contributed by atoms with Crippen molar-refractivity contribution in [3.8, 4) is 0 Å². The first-order valence-electron chi connectivity index (χ1n) is 8.05. The van der Waals surface area contributed by atoms with E-state index in [0.717, 1.165) is 19.3 Å². The third-order valence-corrected chi connectivity index (χ3v) is 4.66. The Balaban J connectivity index is 4.63. The summed E-state index contributed by atoms with van der Waals surface area (Å²) in [6.45, 7) is 5.12. The van der Waals surface area contributed by atoms with E-state index in [2.05, 4.69) is 17.6 Å². The van der Waals surface area contributed by atoms with Gasteiger partial charge in [-0.05, 0) is 19.8 Å². The van der Waals surface area contributed by atoms with Gasteiger partial charge in [0.2, 0.25) is 11.8 Å². The van der Waals surface area contributed by atoms with Crippen LogP contribution in [0.2, 0.25) is 0 Å². The molecule has 1 unspecified atom stereocenters. The van der Waals surface area contributed by atoms with Crippen LogP contribution in [0, 0.1) is 0 Å². The summed E-state index contributed by atoms with van der Waals surface area (Å²) >= 11 is 0. The third kappa shape index (κ3) is 9.05. The highest BCUT2D eigenvalue weighted by Gasteiger charge is 2.29. The van der Waals surface area contributed by atoms with Crippen molar-refractivity contribution < 1.29 is 23.9 Å². The zero-order valence-corrected chi connectivity index (χ0v) is 15.0. The van der Waals surface area contributed by atoms with Crippen LogP contribution in [0.3, 0.4) is 0 Å². The number of unbranched alkanes of at least 4 members (excludes halogenated alkanes) is 2. The molecule has 8 nitrogen and oxygen atoms in total. The Hall–Kier alpha value is -0.950. The Morgan fingerprint density at radius 1 is 1.04 bits per heavy atom. The van der Waals surface area contributed by atoms with Gasteiger partial charge in [0.05, 0.1) is 6.04 Å². The molecule has 0 fully saturated rings. The molecular formula is C14H30N3O5P. The zero-order chi connectivity index (χ0) is 18.0. The summed E-state index contributed by atoms with van der Waals surface area (Å²) < 4.78 is 11.1.